The lowest BCUT2D eigenvalue weighted by Crippen LogP contribution is -2.17. The molecule has 9 rings (SSSR count). The molecule has 2 heteroatoms. The maximum Gasteiger partial charge on any atom is 0.0468 e. The lowest BCUT2D eigenvalue weighted by molar-refractivity contribution is 0.590. The second-order valence-electron chi connectivity index (χ2n) is 16.8. The summed E-state index contributed by atoms with van der Waals surface area (Å²) in [6.07, 6.45) is 4.40. The van der Waals surface area contributed by atoms with Crippen LogP contribution in [0.15, 0.2) is 188 Å². The fourth-order valence-corrected chi connectivity index (χ4v) is 8.39. The van der Waals surface area contributed by atoms with Crippen LogP contribution in [-0.2, 0) is 10.8 Å². The Morgan fingerprint density at radius 2 is 0.842 bits per heavy atom. The molecule has 0 aromatic heterocycles. The summed E-state index contributed by atoms with van der Waals surface area (Å²) in [5.41, 5.74) is 15.9. The van der Waals surface area contributed by atoms with Gasteiger partial charge in [-0.05, 0) is 128 Å². The van der Waals surface area contributed by atoms with Crippen LogP contribution in [0.3, 0.4) is 0 Å². The van der Waals surface area contributed by atoms with Gasteiger partial charge in [0.1, 0.15) is 0 Å². The Hall–Kier alpha value is -6.64. The summed E-state index contributed by atoms with van der Waals surface area (Å²) in [5.74, 6) is 0. The van der Waals surface area contributed by atoms with Crippen molar-refractivity contribution in [2.24, 2.45) is 0 Å². The smallest absolute Gasteiger partial charge is 0.0468 e. The van der Waals surface area contributed by atoms with Gasteiger partial charge in [0.25, 0.3) is 0 Å². The third-order valence-corrected chi connectivity index (χ3v) is 11.6. The topological polar surface area (TPSA) is 6.48 Å². The SMILES string of the molecule is CC(C)(C)c1ccc(N(c2ccc(C=Cc3ccc(N(c4ccccc4)c4ccc5ccccc5c4)cc3)cc2)c2ccc3c(c2)C(C)(C)c2ccccc2-3)cc1. The first-order valence-electron chi connectivity index (χ1n) is 20.0. The molecule has 0 saturated heterocycles. The molecule has 1 aliphatic carbocycles. The van der Waals surface area contributed by atoms with Crippen molar-refractivity contribution in [3.63, 3.8) is 0 Å². The molecule has 8 aromatic carbocycles. The minimum absolute atomic E-state index is 0.0766. The summed E-state index contributed by atoms with van der Waals surface area (Å²) in [6.45, 7) is 11.5. The van der Waals surface area contributed by atoms with Crippen molar-refractivity contribution in [2.75, 3.05) is 9.80 Å². The molecule has 2 nitrogen and oxygen atoms in total. The first-order chi connectivity index (χ1) is 27.6. The van der Waals surface area contributed by atoms with Crippen LogP contribution in [0, 0.1) is 0 Å². The number of rotatable bonds is 8. The summed E-state index contributed by atoms with van der Waals surface area (Å²) in [5, 5.41) is 2.47. The van der Waals surface area contributed by atoms with Crippen LogP contribution in [0.1, 0.15) is 62.4 Å². The van der Waals surface area contributed by atoms with E-state index in [0.29, 0.717) is 0 Å². The Labute approximate surface area is 338 Å². The standard InChI is InChI=1S/C55H48N2/c1-54(2,3)43-26-33-47(34-27-43)57(49-35-36-51-50-17-11-12-18-52(50)55(4,5)53(51)38-49)46-30-23-40(24-31-46)20-19-39-21-28-45(29-22-39)56(44-15-7-6-8-16-44)48-32-25-41-13-9-10-14-42(41)37-48/h6-38H,1-5H3. The van der Waals surface area contributed by atoms with E-state index >= 15 is 0 Å². The summed E-state index contributed by atoms with van der Waals surface area (Å²) in [7, 11) is 0. The predicted octanol–water partition coefficient (Wildman–Crippen LogP) is 15.6. The van der Waals surface area contributed by atoms with Gasteiger partial charge in [-0.25, -0.2) is 0 Å². The van der Waals surface area contributed by atoms with Crippen molar-refractivity contribution in [2.45, 2.75) is 45.4 Å². The zero-order chi connectivity index (χ0) is 39.1. The van der Waals surface area contributed by atoms with Gasteiger partial charge < -0.3 is 9.80 Å². The van der Waals surface area contributed by atoms with Crippen molar-refractivity contribution < 1.29 is 0 Å². The van der Waals surface area contributed by atoms with E-state index in [2.05, 4.69) is 245 Å². The molecule has 0 aliphatic heterocycles. The quantitative estimate of drug-likeness (QED) is 0.143. The van der Waals surface area contributed by atoms with E-state index in [1.165, 1.54) is 38.6 Å². The summed E-state index contributed by atoms with van der Waals surface area (Å²) < 4.78 is 0. The monoisotopic (exact) mass is 736 g/mol. The van der Waals surface area contributed by atoms with E-state index in [9.17, 15) is 0 Å². The van der Waals surface area contributed by atoms with Crippen molar-refractivity contribution >= 4 is 57.0 Å². The van der Waals surface area contributed by atoms with Crippen LogP contribution in [0.4, 0.5) is 34.1 Å². The number of benzene rings is 8. The highest BCUT2D eigenvalue weighted by Crippen LogP contribution is 2.50. The molecule has 0 unspecified atom stereocenters. The van der Waals surface area contributed by atoms with Crippen LogP contribution in [0.25, 0.3) is 34.1 Å². The molecule has 0 atom stereocenters. The normalized spacial score (nSPS) is 13.1. The number of para-hydroxylation sites is 1. The fraction of sp³-hybridized carbons (Fsp3) is 0.127. The maximum absolute atomic E-state index is 2.41. The van der Waals surface area contributed by atoms with E-state index in [0.717, 1.165) is 45.3 Å². The Morgan fingerprint density at radius 3 is 1.46 bits per heavy atom. The van der Waals surface area contributed by atoms with Crippen molar-refractivity contribution in [3.8, 4) is 11.1 Å². The zero-order valence-corrected chi connectivity index (χ0v) is 33.4. The number of hydrogen-bond acceptors (Lipinski definition) is 2. The van der Waals surface area contributed by atoms with Crippen LogP contribution in [0.2, 0.25) is 0 Å². The Balaban J connectivity index is 1.01. The first kappa shape index (κ1) is 36.0. The van der Waals surface area contributed by atoms with Crippen LogP contribution in [-0.4, -0.2) is 0 Å². The van der Waals surface area contributed by atoms with Crippen molar-refractivity contribution in [1.82, 2.24) is 0 Å². The molecule has 278 valence electrons. The lowest BCUT2D eigenvalue weighted by Gasteiger charge is -2.29. The molecule has 0 bridgehead atoms. The van der Waals surface area contributed by atoms with E-state index in [1.807, 2.05) is 0 Å². The van der Waals surface area contributed by atoms with Crippen LogP contribution >= 0.6 is 0 Å². The third-order valence-electron chi connectivity index (χ3n) is 11.6. The first-order valence-corrected chi connectivity index (χ1v) is 20.0. The van der Waals surface area contributed by atoms with E-state index in [4.69, 9.17) is 0 Å². The molecule has 0 heterocycles. The minimum Gasteiger partial charge on any atom is -0.310 e. The van der Waals surface area contributed by atoms with Gasteiger partial charge >= 0.3 is 0 Å². The van der Waals surface area contributed by atoms with Crippen molar-refractivity contribution in [1.29, 1.82) is 0 Å². The third kappa shape index (κ3) is 6.93. The van der Waals surface area contributed by atoms with E-state index in [-0.39, 0.29) is 10.8 Å². The average Bonchev–Trinajstić information content (AvgIpc) is 3.47. The molecule has 57 heavy (non-hydrogen) atoms. The van der Waals surface area contributed by atoms with Gasteiger partial charge in [-0.3, -0.25) is 0 Å². The van der Waals surface area contributed by atoms with Gasteiger partial charge in [-0.2, -0.15) is 0 Å². The predicted molar refractivity (Wildman–Crippen MR) is 245 cm³/mol. The Kier molecular flexibility index (Phi) is 9.14. The van der Waals surface area contributed by atoms with E-state index in [1.54, 1.807) is 0 Å². The Morgan fingerprint density at radius 1 is 0.386 bits per heavy atom. The molecule has 0 N–H and O–H groups in total. The van der Waals surface area contributed by atoms with Gasteiger partial charge in [0.2, 0.25) is 0 Å². The molecule has 0 radical (unpaired) electrons. The van der Waals surface area contributed by atoms with Crippen molar-refractivity contribution in [3.05, 3.63) is 216 Å². The Bertz CT molecular complexity index is 2710. The lowest BCUT2D eigenvalue weighted by atomic mass is 9.82. The molecule has 1 aliphatic rings. The molecular weight excluding hydrogens is 689 g/mol. The second-order valence-corrected chi connectivity index (χ2v) is 16.8. The number of nitrogens with zero attached hydrogens (tertiary/aromatic N) is 2. The average molecular weight is 737 g/mol. The number of fused-ring (bicyclic) bond motifs is 4. The summed E-state index contributed by atoms with van der Waals surface area (Å²) >= 11 is 0. The molecular formula is C55H48N2. The second kappa shape index (κ2) is 14.5. The van der Waals surface area contributed by atoms with Gasteiger partial charge in [-0.1, -0.05) is 162 Å². The molecule has 0 fully saturated rings. The number of hydrogen-bond donors (Lipinski definition) is 0. The largest absolute Gasteiger partial charge is 0.310 e. The highest BCUT2D eigenvalue weighted by molar-refractivity contribution is 5.90. The highest BCUT2D eigenvalue weighted by atomic mass is 15.1. The number of anilines is 6. The van der Waals surface area contributed by atoms with Gasteiger partial charge in [-0.15, -0.1) is 0 Å². The summed E-state index contributed by atoms with van der Waals surface area (Å²) in [4.78, 5) is 4.72. The van der Waals surface area contributed by atoms with Crippen LogP contribution < -0.4 is 9.80 Å². The molecule has 0 saturated carbocycles. The maximum atomic E-state index is 2.41. The zero-order valence-electron chi connectivity index (χ0n) is 33.4. The molecule has 0 amide bonds. The summed E-state index contributed by atoms with van der Waals surface area (Å²) in [6, 6.07) is 68.5. The molecule has 0 spiro atoms. The molecule has 8 aromatic rings. The minimum atomic E-state index is -0.0766. The van der Waals surface area contributed by atoms with Gasteiger partial charge in [0.05, 0.1) is 0 Å². The van der Waals surface area contributed by atoms with Gasteiger partial charge in [0, 0.05) is 39.5 Å². The fourth-order valence-electron chi connectivity index (χ4n) is 8.39. The highest BCUT2D eigenvalue weighted by Gasteiger charge is 2.35. The van der Waals surface area contributed by atoms with E-state index < -0.39 is 0 Å². The van der Waals surface area contributed by atoms with Gasteiger partial charge in [0.15, 0.2) is 0 Å². The van der Waals surface area contributed by atoms with Crippen LogP contribution in [0.5, 0.6) is 0 Å².